The van der Waals surface area contributed by atoms with E-state index in [4.69, 9.17) is 4.42 Å². The van der Waals surface area contributed by atoms with Crippen LogP contribution in [0.1, 0.15) is 28.9 Å². The van der Waals surface area contributed by atoms with Gasteiger partial charge >= 0.3 is 0 Å². The van der Waals surface area contributed by atoms with E-state index in [1.807, 2.05) is 37.1 Å². The van der Waals surface area contributed by atoms with E-state index in [0.29, 0.717) is 5.92 Å². The number of hydrogen-bond donors (Lipinski definition) is 1. The van der Waals surface area contributed by atoms with Crippen molar-refractivity contribution in [3.63, 3.8) is 0 Å². The molecule has 0 saturated carbocycles. The van der Waals surface area contributed by atoms with Crippen LogP contribution in [0.15, 0.2) is 64.5 Å². The minimum atomic E-state index is 0. The van der Waals surface area contributed by atoms with Crippen LogP contribution < -0.4 is 5.32 Å². The van der Waals surface area contributed by atoms with Crippen molar-refractivity contribution >= 4 is 29.9 Å². The van der Waals surface area contributed by atoms with Crippen LogP contribution in [0.5, 0.6) is 0 Å². The molecule has 1 atom stereocenters. The minimum Gasteiger partial charge on any atom is -0.468 e. The molecule has 0 amide bonds. The van der Waals surface area contributed by atoms with Gasteiger partial charge in [-0.25, -0.2) is 0 Å². The fourth-order valence-electron chi connectivity index (χ4n) is 4.51. The molecule has 1 saturated heterocycles. The van der Waals surface area contributed by atoms with Crippen LogP contribution in [0, 0.1) is 5.92 Å². The monoisotopic (exact) mass is 562 g/mol. The van der Waals surface area contributed by atoms with Crippen molar-refractivity contribution in [2.45, 2.75) is 32.5 Å². The summed E-state index contributed by atoms with van der Waals surface area (Å²) in [4.78, 5) is 9.22. The predicted octanol–water partition coefficient (Wildman–Crippen LogP) is 3.90. The number of nitrogens with one attached hydrogen (secondary N) is 1. The highest BCUT2D eigenvalue weighted by Gasteiger charge is 2.25. The van der Waals surface area contributed by atoms with Gasteiger partial charge in [-0.05, 0) is 54.6 Å². The van der Waals surface area contributed by atoms with Crippen molar-refractivity contribution in [2.24, 2.45) is 18.0 Å². The predicted molar refractivity (Wildman–Crippen MR) is 143 cm³/mol. The number of likely N-dealkylation sites (tertiary alicyclic amines) is 1. The standard InChI is InChI=1S/C25H34N6O.HI/c1-26-25(31-11-10-20(17-31)13-21-14-28-30(3)16-21)27-15-22-7-4-5-8-23(22)18-29(2)19-24-9-6-12-32-24;/h4-9,12,14,16,20H,10-11,13,15,17-19H2,1-3H3,(H,26,27);1H. The zero-order valence-corrected chi connectivity index (χ0v) is 22.1. The van der Waals surface area contributed by atoms with Gasteiger partial charge in [-0.1, -0.05) is 24.3 Å². The number of nitrogens with zero attached hydrogens (tertiary/aromatic N) is 5. The van der Waals surface area contributed by atoms with Crippen LogP contribution in [0.2, 0.25) is 0 Å². The number of aryl methyl sites for hydroxylation is 1. The SMILES string of the molecule is CN=C(NCc1ccccc1CN(C)Cc1ccco1)N1CCC(Cc2cnn(C)c2)C1.I. The van der Waals surface area contributed by atoms with Gasteiger partial charge in [0.15, 0.2) is 5.96 Å². The number of aliphatic imine (C=N–C) groups is 1. The molecule has 0 aliphatic carbocycles. The summed E-state index contributed by atoms with van der Waals surface area (Å²) < 4.78 is 7.37. The normalized spacial score (nSPS) is 16.3. The number of hydrogen-bond acceptors (Lipinski definition) is 4. The lowest BCUT2D eigenvalue weighted by Crippen LogP contribution is -2.40. The molecule has 8 heteroatoms. The lowest BCUT2D eigenvalue weighted by Gasteiger charge is -2.23. The van der Waals surface area contributed by atoms with Crippen LogP contribution in [-0.2, 0) is 33.1 Å². The summed E-state index contributed by atoms with van der Waals surface area (Å²) in [6.45, 7) is 4.50. The molecular formula is C25H35IN6O. The molecule has 1 aliphatic rings. The molecule has 3 aromatic rings. The molecule has 0 radical (unpaired) electrons. The second kappa shape index (κ2) is 12.2. The van der Waals surface area contributed by atoms with Crippen molar-refractivity contribution in [1.82, 2.24) is 24.9 Å². The zero-order valence-electron chi connectivity index (χ0n) is 19.8. The van der Waals surface area contributed by atoms with Gasteiger partial charge in [-0.3, -0.25) is 14.6 Å². The molecule has 178 valence electrons. The molecule has 0 spiro atoms. The first kappa shape index (κ1) is 25.3. The highest BCUT2D eigenvalue weighted by molar-refractivity contribution is 14.0. The Bertz CT molecular complexity index is 1020. The Kier molecular flexibility index (Phi) is 9.37. The second-order valence-electron chi connectivity index (χ2n) is 8.75. The molecule has 1 fully saturated rings. The van der Waals surface area contributed by atoms with E-state index in [1.54, 1.807) is 6.26 Å². The van der Waals surface area contributed by atoms with Crippen molar-refractivity contribution in [1.29, 1.82) is 0 Å². The highest BCUT2D eigenvalue weighted by Crippen LogP contribution is 2.21. The Hall–Kier alpha value is -2.33. The Balaban J connectivity index is 0.00000306. The van der Waals surface area contributed by atoms with Crippen LogP contribution in [-0.4, -0.2) is 52.7 Å². The first-order chi connectivity index (χ1) is 15.6. The Morgan fingerprint density at radius 2 is 2.03 bits per heavy atom. The molecule has 4 rings (SSSR count). The number of rotatable bonds is 8. The molecule has 3 heterocycles. The van der Waals surface area contributed by atoms with Gasteiger partial charge in [0, 0.05) is 46.5 Å². The van der Waals surface area contributed by atoms with Crippen LogP contribution in [0.25, 0.3) is 0 Å². The van der Waals surface area contributed by atoms with Crippen molar-refractivity contribution in [3.05, 3.63) is 77.5 Å². The third kappa shape index (κ3) is 7.07. The van der Waals surface area contributed by atoms with E-state index in [0.717, 1.165) is 50.9 Å². The lowest BCUT2D eigenvalue weighted by atomic mass is 10.0. The van der Waals surface area contributed by atoms with Gasteiger partial charge in [0.2, 0.25) is 0 Å². The smallest absolute Gasteiger partial charge is 0.193 e. The van der Waals surface area contributed by atoms with Gasteiger partial charge < -0.3 is 14.6 Å². The second-order valence-corrected chi connectivity index (χ2v) is 8.75. The summed E-state index contributed by atoms with van der Waals surface area (Å²) in [5, 5.41) is 7.90. The summed E-state index contributed by atoms with van der Waals surface area (Å²) in [5.74, 6) is 2.61. The Labute approximate surface area is 213 Å². The van der Waals surface area contributed by atoms with Crippen LogP contribution in [0.4, 0.5) is 0 Å². The van der Waals surface area contributed by atoms with E-state index in [9.17, 15) is 0 Å². The van der Waals surface area contributed by atoms with Gasteiger partial charge in [0.1, 0.15) is 5.76 Å². The lowest BCUT2D eigenvalue weighted by molar-refractivity contribution is 0.287. The Morgan fingerprint density at radius 3 is 2.73 bits per heavy atom. The molecule has 0 bridgehead atoms. The largest absolute Gasteiger partial charge is 0.468 e. The van der Waals surface area contributed by atoms with Gasteiger partial charge in [-0.15, -0.1) is 24.0 Å². The van der Waals surface area contributed by atoms with Crippen LogP contribution in [0.3, 0.4) is 0 Å². The van der Waals surface area contributed by atoms with Crippen molar-refractivity contribution in [2.75, 3.05) is 27.2 Å². The van der Waals surface area contributed by atoms with E-state index in [1.165, 1.54) is 23.1 Å². The molecular weight excluding hydrogens is 527 g/mol. The van der Waals surface area contributed by atoms with E-state index >= 15 is 0 Å². The number of aromatic nitrogens is 2. The molecule has 7 nitrogen and oxygen atoms in total. The summed E-state index contributed by atoms with van der Waals surface area (Å²) in [6.07, 6.45) is 8.09. The fourth-order valence-corrected chi connectivity index (χ4v) is 4.51. The minimum absolute atomic E-state index is 0. The average Bonchev–Trinajstić information content (AvgIpc) is 3.54. The third-order valence-electron chi connectivity index (χ3n) is 6.08. The van der Waals surface area contributed by atoms with Gasteiger partial charge in [0.05, 0.1) is 19.0 Å². The number of benzene rings is 1. The molecule has 1 aliphatic heterocycles. The molecule has 1 N–H and O–H groups in total. The summed E-state index contributed by atoms with van der Waals surface area (Å²) in [6, 6.07) is 12.6. The molecule has 1 unspecified atom stereocenters. The molecule has 2 aromatic heterocycles. The van der Waals surface area contributed by atoms with Crippen LogP contribution >= 0.6 is 24.0 Å². The maximum Gasteiger partial charge on any atom is 0.193 e. The summed E-state index contributed by atoms with van der Waals surface area (Å²) >= 11 is 0. The number of furan rings is 1. The van der Waals surface area contributed by atoms with Crippen molar-refractivity contribution < 1.29 is 4.42 Å². The third-order valence-corrected chi connectivity index (χ3v) is 6.08. The maximum atomic E-state index is 5.49. The highest BCUT2D eigenvalue weighted by atomic mass is 127. The summed E-state index contributed by atoms with van der Waals surface area (Å²) in [7, 11) is 5.97. The first-order valence-corrected chi connectivity index (χ1v) is 11.3. The topological polar surface area (TPSA) is 61.8 Å². The number of halogens is 1. The molecule has 1 aromatic carbocycles. The summed E-state index contributed by atoms with van der Waals surface area (Å²) in [5.41, 5.74) is 3.93. The Morgan fingerprint density at radius 1 is 1.21 bits per heavy atom. The van der Waals surface area contributed by atoms with E-state index in [2.05, 4.69) is 62.7 Å². The van der Waals surface area contributed by atoms with Gasteiger partial charge in [-0.2, -0.15) is 5.10 Å². The zero-order chi connectivity index (χ0) is 22.3. The van der Waals surface area contributed by atoms with Crippen molar-refractivity contribution in [3.8, 4) is 0 Å². The maximum absolute atomic E-state index is 5.49. The fraction of sp³-hybridized carbons (Fsp3) is 0.440. The van der Waals surface area contributed by atoms with E-state index in [-0.39, 0.29) is 24.0 Å². The molecule has 33 heavy (non-hydrogen) atoms. The number of guanidine groups is 1. The average molecular weight is 563 g/mol. The van der Waals surface area contributed by atoms with E-state index < -0.39 is 0 Å². The quantitative estimate of drug-likeness (QED) is 0.257. The van der Waals surface area contributed by atoms with Gasteiger partial charge in [0.25, 0.3) is 0 Å². The first-order valence-electron chi connectivity index (χ1n) is 11.3.